The summed E-state index contributed by atoms with van der Waals surface area (Å²) in [5, 5.41) is 2.61. The number of nitrogens with zero attached hydrogens (tertiary/aromatic N) is 2. The first-order chi connectivity index (χ1) is 23.1. The Balaban J connectivity index is 1.04. The molecule has 0 fully saturated rings. The molecule has 0 bridgehead atoms. The zero-order valence-corrected chi connectivity index (χ0v) is 27.6. The van der Waals surface area contributed by atoms with Crippen LogP contribution in [0.5, 0.6) is 0 Å². The summed E-state index contributed by atoms with van der Waals surface area (Å²) >= 11 is 0. The fourth-order valence-corrected chi connectivity index (χ4v) is 8.77. The van der Waals surface area contributed by atoms with E-state index in [-0.39, 0.29) is 5.41 Å². The van der Waals surface area contributed by atoms with Crippen molar-refractivity contribution in [3.63, 3.8) is 0 Å². The van der Waals surface area contributed by atoms with Crippen molar-refractivity contribution in [2.24, 2.45) is 0 Å². The van der Waals surface area contributed by atoms with Gasteiger partial charge in [-0.15, -0.1) is 0 Å². The normalized spacial score (nSPS) is 18.0. The Morgan fingerprint density at radius 1 is 0.638 bits per heavy atom. The van der Waals surface area contributed by atoms with Crippen molar-refractivity contribution in [2.75, 3.05) is 22.9 Å². The summed E-state index contributed by atoms with van der Waals surface area (Å²) < 4.78 is 0. The van der Waals surface area contributed by atoms with Gasteiger partial charge < -0.3 is 9.80 Å². The predicted octanol–water partition coefficient (Wildman–Crippen LogP) is 11.6. The second kappa shape index (κ2) is 11.2. The molecule has 0 radical (unpaired) electrons. The van der Waals surface area contributed by atoms with E-state index in [0.29, 0.717) is 0 Å². The van der Waals surface area contributed by atoms with Crippen molar-refractivity contribution in [1.82, 2.24) is 0 Å². The van der Waals surface area contributed by atoms with Crippen LogP contribution in [-0.2, 0) is 11.8 Å². The van der Waals surface area contributed by atoms with Crippen LogP contribution in [0.2, 0.25) is 0 Å². The minimum absolute atomic E-state index is 0.0525. The van der Waals surface area contributed by atoms with Crippen molar-refractivity contribution in [3.05, 3.63) is 148 Å². The number of allylic oxidation sites excluding steroid dienone is 4. The SMILES string of the molecule is CC1(C)c2cc(/C=C/c3cccc4c(N5CCCc6ccccc65)cccc34)ccc2-c2ccc(N3CCCC4=C3CCC=C4)cc21. The molecule has 2 heteroatoms. The highest BCUT2D eigenvalue weighted by Crippen LogP contribution is 2.50. The highest BCUT2D eigenvalue weighted by Gasteiger charge is 2.36. The van der Waals surface area contributed by atoms with Gasteiger partial charge in [0.2, 0.25) is 0 Å². The Morgan fingerprint density at radius 3 is 2.34 bits per heavy atom. The zero-order chi connectivity index (χ0) is 31.5. The van der Waals surface area contributed by atoms with Gasteiger partial charge in [0.15, 0.2) is 0 Å². The summed E-state index contributed by atoms with van der Waals surface area (Å²) in [7, 11) is 0. The molecule has 2 nitrogen and oxygen atoms in total. The molecule has 0 saturated carbocycles. The molecule has 0 saturated heterocycles. The first-order valence-electron chi connectivity index (χ1n) is 17.6. The van der Waals surface area contributed by atoms with Gasteiger partial charge >= 0.3 is 0 Å². The van der Waals surface area contributed by atoms with Crippen LogP contribution in [-0.4, -0.2) is 13.1 Å². The molecule has 0 N–H and O–H groups in total. The lowest BCUT2D eigenvalue weighted by Gasteiger charge is -2.35. The molecule has 2 aliphatic heterocycles. The highest BCUT2D eigenvalue weighted by atomic mass is 15.2. The monoisotopic (exact) mass is 610 g/mol. The van der Waals surface area contributed by atoms with E-state index in [1.807, 2.05) is 0 Å². The third kappa shape index (κ3) is 4.68. The molecule has 0 aromatic heterocycles. The minimum atomic E-state index is -0.0525. The number of rotatable bonds is 4. The van der Waals surface area contributed by atoms with Gasteiger partial charge in [0.1, 0.15) is 0 Å². The van der Waals surface area contributed by atoms with E-state index in [1.54, 1.807) is 11.3 Å². The largest absolute Gasteiger partial charge is 0.345 e. The van der Waals surface area contributed by atoms with E-state index in [2.05, 4.69) is 145 Å². The molecule has 0 spiro atoms. The second-order valence-electron chi connectivity index (χ2n) is 14.3. The van der Waals surface area contributed by atoms with Gasteiger partial charge in [0.25, 0.3) is 0 Å². The Hall–Kier alpha value is -4.82. The quantitative estimate of drug-likeness (QED) is 0.187. The predicted molar refractivity (Wildman–Crippen MR) is 201 cm³/mol. The summed E-state index contributed by atoms with van der Waals surface area (Å²) in [5.74, 6) is 0. The summed E-state index contributed by atoms with van der Waals surface area (Å²) in [6.07, 6.45) is 16.4. The van der Waals surface area contributed by atoms with Crippen molar-refractivity contribution in [3.8, 4) is 11.1 Å². The van der Waals surface area contributed by atoms with Gasteiger partial charge in [-0.1, -0.05) is 111 Å². The smallest absolute Gasteiger partial charge is 0.0490 e. The van der Waals surface area contributed by atoms with Gasteiger partial charge in [0, 0.05) is 46.6 Å². The van der Waals surface area contributed by atoms with E-state index >= 15 is 0 Å². The topological polar surface area (TPSA) is 6.48 Å². The molecule has 0 atom stereocenters. The first kappa shape index (κ1) is 28.4. The molecule has 2 heterocycles. The third-order valence-electron chi connectivity index (χ3n) is 11.2. The molecular weight excluding hydrogens is 569 g/mol. The minimum Gasteiger partial charge on any atom is -0.345 e. The van der Waals surface area contributed by atoms with Crippen molar-refractivity contribution in [1.29, 1.82) is 0 Å². The maximum absolute atomic E-state index is 2.61. The number of hydrogen-bond acceptors (Lipinski definition) is 2. The summed E-state index contributed by atoms with van der Waals surface area (Å²) in [6.45, 7) is 6.99. The van der Waals surface area contributed by atoms with Crippen LogP contribution in [0.3, 0.4) is 0 Å². The maximum atomic E-state index is 2.61. The van der Waals surface area contributed by atoms with E-state index in [4.69, 9.17) is 0 Å². The van der Waals surface area contributed by atoms with Gasteiger partial charge in [0.05, 0.1) is 0 Å². The Labute approximate surface area is 279 Å². The second-order valence-corrected chi connectivity index (χ2v) is 14.3. The number of hydrogen-bond donors (Lipinski definition) is 0. The molecule has 5 aromatic rings. The lowest BCUT2D eigenvalue weighted by Crippen LogP contribution is -2.29. The molecular formula is C45H42N2. The number of aryl methyl sites for hydroxylation is 1. The molecule has 0 unspecified atom stereocenters. The van der Waals surface area contributed by atoms with Gasteiger partial charge in [-0.2, -0.15) is 0 Å². The third-order valence-corrected chi connectivity index (χ3v) is 11.2. The van der Waals surface area contributed by atoms with Crippen LogP contribution in [0, 0.1) is 0 Å². The van der Waals surface area contributed by atoms with E-state index in [0.717, 1.165) is 32.4 Å². The molecule has 9 rings (SSSR count). The van der Waals surface area contributed by atoms with Gasteiger partial charge in [-0.3, -0.25) is 0 Å². The lowest BCUT2D eigenvalue weighted by molar-refractivity contribution is 0.657. The van der Waals surface area contributed by atoms with Crippen molar-refractivity contribution < 1.29 is 0 Å². The standard InChI is InChI=1S/C45H42N2/c1-45(2)40-29-31(22-25-37(40)38-26-24-35(30-41(38)45)46-27-9-14-33-11-3-5-18-42(33)46)21-23-32-13-7-17-39-36(32)16-8-20-44(39)47-28-10-15-34-12-4-6-19-43(34)47/h3-4,6-8,11-13,16-17,19-26,29-30H,5,9-10,14-15,18,27-28H2,1-2H3/b23-21+. The van der Waals surface area contributed by atoms with Crippen LogP contribution in [0.1, 0.15) is 73.8 Å². The Morgan fingerprint density at radius 2 is 1.40 bits per heavy atom. The maximum Gasteiger partial charge on any atom is 0.0490 e. The number of para-hydroxylation sites is 1. The molecule has 5 aromatic carbocycles. The number of fused-ring (bicyclic) bond motifs is 5. The summed E-state index contributed by atoms with van der Waals surface area (Å²) in [4.78, 5) is 5.13. The number of benzene rings is 5. The summed E-state index contributed by atoms with van der Waals surface area (Å²) in [5.41, 5.74) is 16.6. The average Bonchev–Trinajstić information content (AvgIpc) is 3.35. The van der Waals surface area contributed by atoms with Crippen LogP contribution in [0.25, 0.3) is 34.1 Å². The molecule has 4 aliphatic rings. The fourth-order valence-electron chi connectivity index (χ4n) is 8.77. The van der Waals surface area contributed by atoms with E-state index in [1.165, 1.54) is 86.0 Å². The van der Waals surface area contributed by atoms with Crippen LogP contribution >= 0.6 is 0 Å². The molecule has 0 amide bonds. The van der Waals surface area contributed by atoms with Crippen molar-refractivity contribution >= 4 is 40.0 Å². The average molecular weight is 611 g/mol. The van der Waals surface area contributed by atoms with Crippen LogP contribution < -0.4 is 9.80 Å². The van der Waals surface area contributed by atoms with Crippen molar-refractivity contribution in [2.45, 2.75) is 57.8 Å². The Kier molecular flexibility index (Phi) is 6.75. The Bertz CT molecular complexity index is 2140. The zero-order valence-electron chi connectivity index (χ0n) is 27.6. The first-order valence-corrected chi connectivity index (χ1v) is 17.6. The summed E-state index contributed by atoms with van der Waals surface area (Å²) in [6, 6.07) is 36.8. The molecule has 2 aliphatic carbocycles. The fraction of sp³-hybridized carbons (Fsp3) is 0.244. The molecule has 232 valence electrons. The van der Waals surface area contributed by atoms with E-state index < -0.39 is 0 Å². The highest BCUT2D eigenvalue weighted by molar-refractivity contribution is 6.01. The van der Waals surface area contributed by atoms with Gasteiger partial charge in [-0.25, -0.2) is 0 Å². The van der Waals surface area contributed by atoms with Gasteiger partial charge in [-0.05, 0) is 113 Å². The van der Waals surface area contributed by atoms with Crippen LogP contribution in [0.4, 0.5) is 17.1 Å². The van der Waals surface area contributed by atoms with Crippen LogP contribution in [0.15, 0.2) is 120 Å². The number of anilines is 3. The van der Waals surface area contributed by atoms with E-state index in [9.17, 15) is 0 Å². The lowest BCUT2D eigenvalue weighted by atomic mass is 9.81. The molecule has 47 heavy (non-hydrogen) atoms.